The second-order valence-electron chi connectivity index (χ2n) is 7.46. The van der Waals surface area contributed by atoms with Crippen LogP contribution in [0, 0.1) is 5.92 Å². The lowest BCUT2D eigenvalue weighted by molar-refractivity contribution is -0.144. The molecule has 8 heteroatoms. The Labute approximate surface area is 162 Å². The molecule has 0 spiro atoms. The van der Waals surface area contributed by atoms with E-state index in [0.717, 1.165) is 29.1 Å². The number of rotatable bonds is 4. The van der Waals surface area contributed by atoms with Gasteiger partial charge in [0.05, 0.1) is 6.54 Å². The van der Waals surface area contributed by atoms with E-state index in [1.54, 1.807) is 12.1 Å². The number of carbonyl (C=O) groups is 4. The van der Waals surface area contributed by atoms with Crippen molar-refractivity contribution in [2.75, 3.05) is 19.8 Å². The van der Waals surface area contributed by atoms with Gasteiger partial charge in [-0.1, -0.05) is 19.8 Å². The first-order valence-electron chi connectivity index (χ1n) is 9.59. The molecule has 148 valence electrons. The Kier molecular flexibility index (Phi) is 4.78. The van der Waals surface area contributed by atoms with Crippen LogP contribution in [0.2, 0.25) is 0 Å². The zero-order valence-corrected chi connectivity index (χ0v) is 15.7. The molecule has 4 amide bonds. The number of ketones is 1. The second-order valence-corrected chi connectivity index (χ2v) is 7.46. The number of ether oxygens (including phenoxy) is 2. The maximum Gasteiger partial charge on any atom is 0.334 e. The van der Waals surface area contributed by atoms with Crippen molar-refractivity contribution in [2.45, 2.75) is 38.6 Å². The number of fused-ring (bicyclic) bond motifs is 1. The summed E-state index contributed by atoms with van der Waals surface area (Å²) < 4.78 is 10.9. The molecule has 0 bridgehead atoms. The summed E-state index contributed by atoms with van der Waals surface area (Å²) in [5.74, 6) is -1.08. The van der Waals surface area contributed by atoms with E-state index >= 15 is 0 Å². The van der Waals surface area contributed by atoms with E-state index in [4.69, 9.17) is 9.47 Å². The maximum absolute atomic E-state index is 12.8. The Morgan fingerprint density at radius 1 is 1.04 bits per heavy atom. The number of hydrogen-bond donors (Lipinski definition) is 0. The van der Waals surface area contributed by atoms with Crippen molar-refractivity contribution >= 4 is 23.6 Å². The van der Waals surface area contributed by atoms with Crippen LogP contribution in [0.4, 0.5) is 4.79 Å². The van der Waals surface area contributed by atoms with E-state index in [9.17, 15) is 19.2 Å². The predicted octanol–water partition coefficient (Wildman–Crippen LogP) is 2.01. The Hall–Kier alpha value is -2.90. The van der Waals surface area contributed by atoms with Crippen molar-refractivity contribution in [3.63, 3.8) is 0 Å². The fraction of sp³-hybridized carbons (Fsp3) is 0.500. The number of Topliss-reactive ketones (excluding diaryl/α,β-unsaturated/α-hetero) is 1. The van der Waals surface area contributed by atoms with E-state index in [-0.39, 0.29) is 12.0 Å². The molecule has 4 rings (SSSR count). The lowest BCUT2D eigenvalue weighted by Gasteiger charge is -2.34. The number of benzene rings is 1. The fourth-order valence-electron chi connectivity index (χ4n) is 4.09. The van der Waals surface area contributed by atoms with Gasteiger partial charge < -0.3 is 9.47 Å². The SMILES string of the molecule is C[C@H]1CCCC[C@H]1N1C(=O)C(=O)N(CC(=O)c2ccc3c(c2)OCCO3)C1=O. The van der Waals surface area contributed by atoms with Gasteiger partial charge in [-0.05, 0) is 37.0 Å². The van der Waals surface area contributed by atoms with Crippen LogP contribution in [0.3, 0.4) is 0 Å². The quantitative estimate of drug-likeness (QED) is 0.446. The summed E-state index contributed by atoms with van der Waals surface area (Å²) >= 11 is 0. The first-order valence-corrected chi connectivity index (χ1v) is 9.59. The molecule has 8 nitrogen and oxygen atoms in total. The van der Waals surface area contributed by atoms with Crippen molar-refractivity contribution in [1.29, 1.82) is 0 Å². The summed E-state index contributed by atoms with van der Waals surface area (Å²) in [7, 11) is 0. The van der Waals surface area contributed by atoms with Crippen LogP contribution in [0.25, 0.3) is 0 Å². The minimum atomic E-state index is -0.936. The number of carbonyl (C=O) groups excluding carboxylic acids is 4. The van der Waals surface area contributed by atoms with E-state index in [2.05, 4.69) is 0 Å². The van der Waals surface area contributed by atoms with Crippen molar-refractivity contribution < 1.29 is 28.7 Å². The van der Waals surface area contributed by atoms with E-state index in [0.29, 0.717) is 36.7 Å². The highest BCUT2D eigenvalue weighted by molar-refractivity contribution is 6.45. The molecule has 1 aromatic rings. The molecule has 3 aliphatic rings. The third-order valence-corrected chi connectivity index (χ3v) is 5.65. The zero-order chi connectivity index (χ0) is 19.8. The molecule has 1 saturated heterocycles. The highest BCUT2D eigenvalue weighted by atomic mass is 16.6. The molecule has 1 aromatic carbocycles. The van der Waals surface area contributed by atoms with Crippen LogP contribution >= 0.6 is 0 Å². The van der Waals surface area contributed by atoms with Crippen LogP contribution in [0.15, 0.2) is 18.2 Å². The Morgan fingerprint density at radius 3 is 2.50 bits per heavy atom. The average molecular weight is 386 g/mol. The monoisotopic (exact) mass is 386 g/mol. The van der Waals surface area contributed by atoms with Crippen molar-refractivity contribution in [3.05, 3.63) is 23.8 Å². The molecule has 1 saturated carbocycles. The summed E-state index contributed by atoms with van der Waals surface area (Å²) in [6.45, 7) is 2.34. The number of hydrogen-bond acceptors (Lipinski definition) is 6. The first kappa shape index (κ1) is 18.5. The van der Waals surface area contributed by atoms with Gasteiger partial charge >= 0.3 is 17.8 Å². The van der Waals surface area contributed by atoms with E-state index in [1.165, 1.54) is 6.07 Å². The Balaban J connectivity index is 1.51. The number of urea groups is 1. The second kappa shape index (κ2) is 7.26. The highest BCUT2D eigenvalue weighted by Gasteiger charge is 2.49. The van der Waals surface area contributed by atoms with E-state index in [1.807, 2.05) is 6.92 Å². The van der Waals surface area contributed by atoms with Gasteiger partial charge in [-0.15, -0.1) is 0 Å². The lowest BCUT2D eigenvalue weighted by Crippen LogP contribution is -2.46. The fourth-order valence-corrected chi connectivity index (χ4v) is 4.09. The van der Waals surface area contributed by atoms with Gasteiger partial charge in [0.2, 0.25) is 0 Å². The summed E-state index contributed by atoms with van der Waals surface area (Å²) in [4.78, 5) is 52.1. The van der Waals surface area contributed by atoms with Crippen LogP contribution in [0.5, 0.6) is 11.5 Å². The highest BCUT2D eigenvalue weighted by Crippen LogP contribution is 2.32. The molecule has 0 aromatic heterocycles. The van der Waals surface area contributed by atoms with Gasteiger partial charge in [-0.3, -0.25) is 19.3 Å². The number of nitrogens with zero attached hydrogens (tertiary/aromatic N) is 2. The average Bonchev–Trinajstić information content (AvgIpc) is 2.91. The minimum absolute atomic E-state index is 0.142. The molecule has 28 heavy (non-hydrogen) atoms. The molecule has 0 radical (unpaired) electrons. The molecule has 2 fully saturated rings. The van der Waals surface area contributed by atoms with Gasteiger partial charge in [0.1, 0.15) is 13.2 Å². The summed E-state index contributed by atoms with van der Waals surface area (Å²) in [6, 6.07) is 3.73. The van der Waals surface area contributed by atoms with Crippen LogP contribution in [-0.4, -0.2) is 59.2 Å². The Morgan fingerprint density at radius 2 is 1.75 bits per heavy atom. The van der Waals surface area contributed by atoms with E-state index < -0.39 is 30.2 Å². The lowest BCUT2D eigenvalue weighted by atomic mass is 9.85. The summed E-state index contributed by atoms with van der Waals surface area (Å²) in [6.07, 6.45) is 3.56. The van der Waals surface area contributed by atoms with Gasteiger partial charge in [0.15, 0.2) is 17.3 Å². The third-order valence-electron chi connectivity index (χ3n) is 5.65. The molecule has 0 unspecified atom stereocenters. The Bertz CT molecular complexity index is 851. The van der Waals surface area contributed by atoms with Crippen LogP contribution in [0.1, 0.15) is 43.0 Å². The third kappa shape index (κ3) is 3.12. The number of amides is 4. The summed E-state index contributed by atoms with van der Waals surface area (Å²) in [5, 5.41) is 0. The molecule has 2 atom stereocenters. The largest absolute Gasteiger partial charge is 0.486 e. The topological polar surface area (TPSA) is 93.2 Å². The molecule has 2 aliphatic heterocycles. The van der Waals surface area contributed by atoms with Gasteiger partial charge in [-0.2, -0.15) is 0 Å². The van der Waals surface area contributed by atoms with Crippen molar-refractivity contribution in [1.82, 2.24) is 9.80 Å². The normalized spacial score (nSPS) is 24.7. The van der Waals surface area contributed by atoms with Gasteiger partial charge in [0.25, 0.3) is 0 Å². The molecular weight excluding hydrogens is 364 g/mol. The molecule has 0 N–H and O–H groups in total. The van der Waals surface area contributed by atoms with Gasteiger partial charge in [-0.25, -0.2) is 9.69 Å². The van der Waals surface area contributed by atoms with Crippen molar-refractivity contribution in [3.8, 4) is 11.5 Å². The van der Waals surface area contributed by atoms with Gasteiger partial charge in [0, 0.05) is 11.6 Å². The minimum Gasteiger partial charge on any atom is -0.486 e. The van der Waals surface area contributed by atoms with Crippen LogP contribution in [-0.2, 0) is 9.59 Å². The number of imide groups is 2. The standard InChI is InChI=1S/C20H22N2O6/c1-12-4-2-3-5-14(12)22-19(25)18(24)21(20(22)26)11-15(23)13-6-7-16-17(10-13)28-9-8-27-16/h6-7,10,12,14H,2-5,8-9,11H2,1H3/t12-,14+/m0/s1. The smallest absolute Gasteiger partial charge is 0.334 e. The maximum atomic E-state index is 12.8. The first-order chi connectivity index (χ1) is 13.5. The molecule has 2 heterocycles. The molecular formula is C20H22N2O6. The summed E-state index contributed by atoms with van der Waals surface area (Å²) in [5.41, 5.74) is 0.293. The predicted molar refractivity (Wildman–Crippen MR) is 97.1 cm³/mol. The van der Waals surface area contributed by atoms with Crippen LogP contribution < -0.4 is 9.47 Å². The molecule has 1 aliphatic carbocycles. The zero-order valence-electron chi connectivity index (χ0n) is 15.7. The van der Waals surface area contributed by atoms with Crippen molar-refractivity contribution in [2.24, 2.45) is 5.92 Å².